The zero-order valence-corrected chi connectivity index (χ0v) is 17.3. The fourth-order valence-electron chi connectivity index (χ4n) is 3.04. The van der Waals surface area contributed by atoms with Crippen molar-refractivity contribution in [2.24, 2.45) is 0 Å². The van der Waals surface area contributed by atoms with Gasteiger partial charge in [0.25, 0.3) is 0 Å². The molecule has 8 heteroatoms. The van der Waals surface area contributed by atoms with Crippen molar-refractivity contribution in [2.75, 3.05) is 19.9 Å². The van der Waals surface area contributed by atoms with Gasteiger partial charge in [-0.05, 0) is 28.8 Å². The standard InChI is InChI=1S/C21H25N3O4S/c1-24(15-16-6-4-3-5-7-16)21(25)28-11-10-18-14-22-20-9-8-17(12-19(18)20)13-23-29(2,26)27/h3-9,12,14,22-23H,10-11,13,15H2,1-2H3. The highest BCUT2D eigenvalue weighted by Gasteiger charge is 2.12. The Morgan fingerprint density at radius 1 is 1.14 bits per heavy atom. The van der Waals surface area contributed by atoms with Gasteiger partial charge in [0.05, 0.1) is 12.9 Å². The van der Waals surface area contributed by atoms with Crippen LogP contribution < -0.4 is 4.72 Å². The molecule has 7 nitrogen and oxygen atoms in total. The maximum atomic E-state index is 12.2. The van der Waals surface area contributed by atoms with Gasteiger partial charge < -0.3 is 14.6 Å². The van der Waals surface area contributed by atoms with E-state index in [1.54, 1.807) is 11.9 Å². The summed E-state index contributed by atoms with van der Waals surface area (Å²) in [6.07, 6.45) is 3.22. The molecule has 0 bridgehead atoms. The van der Waals surface area contributed by atoms with Gasteiger partial charge in [-0.25, -0.2) is 17.9 Å². The van der Waals surface area contributed by atoms with Crippen LogP contribution in [0.5, 0.6) is 0 Å². The van der Waals surface area contributed by atoms with Crippen molar-refractivity contribution in [3.8, 4) is 0 Å². The molecule has 1 aromatic heterocycles. The molecule has 3 rings (SSSR count). The Morgan fingerprint density at radius 3 is 2.62 bits per heavy atom. The fraction of sp³-hybridized carbons (Fsp3) is 0.286. The van der Waals surface area contributed by atoms with E-state index in [-0.39, 0.29) is 19.2 Å². The van der Waals surface area contributed by atoms with Crippen LogP contribution in [0.15, 0.2) is 54.7 Å². The normalized spacial score (nSPS) is 11.5. The average molecular weight is 416 g/mol. The number of sulfonamides is 1. The van der Waals surface area contributed by atoms with Crippen molar-refractivity contribution >= 4 is 27.0 Å². The molecule has 0 spiro atoms. The number of nitrogens with one attached hydrogen (secondary N) is 2. The first-order chi connectivity index (χ1) is 13.8. The van der Waals surface area contributed by atoms with Crippen LogP contribution in [0, 0.1) is 0 Å². The molecule has 0 saturated carbocycles. The number of benzene rings is 2. The molecular formula is C21H25N3O4S. The van der Waals surface area contributed by atoms with E-state index in [1.165, 1.54) is 0 Å². The van der Waals surface area contributed by atoms with Gasteiger partial charge in [0.1, 0.15) is 0 Å². The Balaban J connectivity index is 1.56. The van der Waals surface area contributed by atoms with Crippen LogP contribution in [0.3, 0.4) is 0 Å². The molecule has 3 aromatic rings. The monoisotopic (exact) mass is 415 g/mol. The highest BCUT2D eigenvalue weighted by atomic mass is 32.2. The number of carbonyl (C=O) groups excluding carboxylic acids is 1. The summed E-state index contributed by atoms with van der Waals surface area (Å²) in [7, 11) is -1.54. The van der Waals surface area contributed by atoms with Crippen molar-refractivity contribution < 1.29 is 17.9 Å². The summed E-state index contributed by atoms with van der Waals surface area (Å²) in [5.74, 6) is 0. The summed E-state index contributed by atoms with van der Waals surface area (Å²) in [5.41, 5.74) is 3.87. The van der Waals surface area contributed by atoms with Crippen molar-refractivity contribution in [3.05, 3.63) is 71.4 Å². The number of hydrogen-bond acceptors (Lipinski definition) is 4. The largest absolute Gasteiger partial charge is 0.449 e. The number of hydrogen-bond donors (Lipinski definition) is 2. The molecule has 0 fully saturated rings. The Labute approximate surface area is 170 Å². The second-order valence-corrected chi connectivity index (χ2v) is 8.83. The summed E-state index contributed by atoms with van der Waals surface area (Å²) < 4.78 is 30.5. The molecular weight excluding hydrogens is 390 g/mol. The van der Waals surface area contributed by atoms with E-state index >= 15 is 0 Å². The van der Waals surface area contributed by atoms with Gasteiger partial charge in [-0.1, -0.05) is 36.4 Å². The van der Waals surface area contributed by atoms with E-state index in [4.69, 9.17) is 4.74 Å². The van der Waals surface area contributed by atoms with Crippen LogP contribution in [0.2, 0.25) is 0 Å². The van der Waals surface area contributed by atoms with Gasteiger partial charge in [-0.2, -0.15) is 0 Å². The first-order valence-electron chi connectivity index (χ1n) is 9.27. The van der Waals surface area contributed by atoms with Gasteiger partial charge in [0, 0.05) is 43.7 Å². The lowest BCUT2D eigenvalue weighted by Gasteiger charge is -2.17. The Morgan fingerprint density at radius 2 is 1.90 bits per heavy atom. The highest BCUT2D eigenvalue weighted by Crippen LogP contribution is 2.20. The van der Waals surface area contributed by atoms with Gasteiger partial charge in [0.2, 0.25) is 10.0 Å². The molecule has 0 aliphatic rings. The lowest BCUT2D eigenvalue weighted by molar-refractivity contribution is 0.110. The van der Waals surface area contributed by atoms with E-state index in [2.05, 4.69) is 9.71 Å². The Hall–Kier alpha value is -2.84. The zero-order valence-electron chi connectivity index (χ0n) is 16.5. The first-order valence-corrected chi connectivity index (χ1v) is 11.2. The summed E-state index contributed by atoms with van der Waals surface area (Å²) in [4.78, 5) is 16.9. The van der Waals surface area contributed by atoms with Gasteiger partial charge in [0.15, 0.2) is 0 Å². The summed E-state index contributed by atoms with van der Waals surface area (Å²) in [6.45, 7) is 0.985. The van der Waals surface area contributed by atoms with E-state index in [0.717, 1.165) is 33.8 Å². The third-order valence-corrected chi connectivity index (χ3v) is 5.21. The third-order valence-electron chi connectivity index (χ3n) is 4.54. The van der Waals surface area contributed by atoms with E-state index < -0.39 is 10.0 Å². The maximum Gasteiger partial charge on any atom is 0.409 e. The molecule has 0 atom stereocenters. The van der Waals surface area contributed by atoms with Crippen molar-refractivity contribution in [2.45, 2.75) is 19.5 Å². The number of carbonyl (C=O) groups is 1. The molecule has 1 amide bonds. The lowest BCUT2D eigenvalue weighted by atomic mass is 10.1. The van der Waals surface area contributed by atoms with Crippen molar-refractivity contribution in [1.82, 2.24) is 14.6 Å². The Kier molecular flexibility index (Phi) is 6.56. The fourth-order valence-corrected chi connectivity index (χ4v) is 3.47. The topological polar surface area (TPSA) is 91.5 Å². The van der Waals surface area contributed by atoms with Crippen LogP contribution >= 0.6 is 0 Å². The number of ether oxygens (including phenoxy) is 1. The second kappa shape index (κ2) is 9.11. The molecule has 0 radical (unpaired) electrons. The molecule has 0 aliphatic carbocycles. The number of H-pyrrole nitrogens is 1. The molecule has 2 N–H and O–H groups in total. The third kappa shape index (κ3) is 6.07. The lowest BCUT2D eigenvalue weighted by Crippen LogP contribution is -2.27. The van der Waals surface area contributed by atoms with Gasteiger partial charge in [-0.3, -0.25) is 0 Å². The van der Waals surface area contributed by atoms with Gasteiger partial charge >= 0.3 is 6.09 Å². The number of nitrogens with zero attached hydrogens (tertiary/aromatic N) is 1. The molecule has 0 saturated heterocycles. The zero-order chi connectivity index (χ0) is 20.9. The molecule has 0 aliphatic heterocycles. The van der Waals surface area contributed by atoms with E-state index in [0.29, 0.717) is 13.0 Å². The highest BCUT2D eigenvalue weighted by molar-refractivity contribution is 7.88. The molecule has 0 unspecified atom stereocenters. The number of amides is 1. The molecule has 29 heavy (non-hydrogen) atoms. The minimum atomic E-state index is -3.25. The molecule has 2 aromatic carbocycles. The predicted molar refractivity (Wildman–Crippen MR) is 113 cm³/mol. The number of aromatic amines is 1. The van der Waals surface area contributed by atoms with Crippen LogP contribution in [-0.4, -0.2) is 44.3 Å². The number of fused-ring (bicyclic) bond motifs is 1. The van der Waals surface area contributed by atoms with Crippen molar-refractivity contribution in [1.29, 1.82) is 0 Å². The van der Waals surface area contributed by atoms with Crippen molar-refractivity contribution in [3.63, 3.8) is 0 Å². The molecule has 154 valence electrons. The summed E-state index contributed by atoms with van der Waals surface area (Å²) in [6, 6.07) is 15.5. The molecule has 1 heterocycles. The maximum absolute atomic E-state index is 12.2. The number of aromatic nitrogens is 1. The minimum absolute atomic E-state index is 0.235. The first kappa shape index (κ1) is 20.9. The predicted octanol–water partition coefficient (Wildman–Crippen LogP) is 3.03. The Bertz CT molecular complexity index is 1080. The average Bonchev–Trinajstić information content (AvgIpc) is 3.09. The minimum Gasteiger partial charge on any atom is -0.449 e. The summed E-state index contributed by atoms with van der Waals surface area (Å²) >= 11 is 0. The van der Waals surface area contributed by atoms with Crippen LogP contribution in [0.1, 0.15) is 16.7 Å². The summed E-state index contributed by atoms with van der Waals surface area (Å²) in [5, 5.41) is 0.992. The SMILES string of the molecule is CN(Cc1ccccc1)C(=O)OCCc1c[nH]c2ccc(CNS(C)(=O)=O)cc12. The van der Waals surface area contributed by atoms with E-state index in [9.17, 15) is 13.2 Å². The van der Waals surface area contributed by atoms with Crippen LogP contribution in [0.25, 0.3) is 10.9 Å². The second-order valence-electron chi connectivity index (χ2n) is 6.99. The number of rotatable bonds is 8. The van der Waals surface area contributed by atoms with Gasteiger partial charge in [-0.15, -0.1) is 0 Å². The van der Waals surface area contributed by atoms with E-state index in [1.807, 2.05) is 54.7 Å². The smallest absolute Gasteiger partial charge is 0.409 e. The quantitative estimate of drug-likeness (QED) is 0.592. The van der Waals surface area contributed by atoms with Crippen LogP contribution in [0.4, 0.5) is 4.79 Å². The van der Waals surface area contributed by atoms with Crippen LogP contribution in [-0.2, 0) is 34.3 Å².